The minimum Gasteiger partial charge on any atom is -0.496 e. The fourth-order valence-electron chi connectivity index (χ4n) is 2.98. The summed E-state index contributed by atoms with van der Waals surface area (Å²) in [5.74, 6) is 2.04. The van der Waals surface area contributed by atoms with Gasteiger partial charge in [-0.2, -0.15) is 5.10 Å². The molecule has 0 bridgehead atoms. The Morgan fingerprint density at radius 1 is 1.00 bits per heavy atom. The van der Waals surface area contributed by atoms with Gasteiger partial charge in [-0.05, 0) is 44.2 Å². The molecule has 1 amide bonds. The Hall–Kier alpha value is -3.81. The van der Waals surface area contributed by atoms with Crippen molar-refractivity contribution in [2.75, 3.05) is 26.6 Å². The van der Waals surface area contributed by atoms with Crippen LogP contribution in [-0.4, -0.2) is 42.0 Å². The monoisotopic (exact) mass is 408 g/mol. The standard InChI is InChI=1S/C22H24N4O4/c1-14-10-15(2)26(25-14)21-8-7-17(13-23-21)24-22(27)9-6-16-11-19(29-4)20(30-5)12-18(16)28-3/h6-13H,1-5H3,(H,24,27)/b9-6+. The predicted octanol–water partition coefficient (Wildman–Crippen LogP) is 3.56. The molecule has 0 aliphatic rings. The van der Waals surface area contributed by atoms with E-state index in [2.05, 4.69) is 15.4 Å². The molecule has 2 aromatic heterocycles. The van der Waals surface area contributed by atoms with E-state index in [-0.39, 0.29) is 5.91 Å². The summed E-state index contributed by atoms with van der Waals surface area (Å²) in [7, 11) is 4.65. The van der Waals surface area contributed by atoms with E-state index in [9.17, 15) is 4.79 Å². The number of ether oxygens (including phenoxy) is 3. The van der Waals surface area contributed by atoms with E-state index in [1.165, 1.54) is 6.08 Å². The Bertz CT molecular complexity index is 1070. The zero-order valence-corrected chi connectivity index (χ0v) is 17.6. The van der Waals surface area contributed by atoms with Crippen LogP contribution in [0.5, 0.6) is 17.2 Å². The van der Waals surface area contributed by atoms with E-state index in [0.29, 0.717) is 34.3 Å². The quantitative estimate of drug-likeness (QED) is 0.602. The van der Waals surface area contributed by atoms with Crippen molar-refractivity contribution in [3.63, 3.8) is 0 Å². The summed E-state index contributed by atoms with van der Waals surface area (Å²) in [4.78, 5) is 16.7. The van der Waals surface area contributed by atoms with Crippen molar-refractivity contribution in [3.8, 4) is 23.1 Å². The van der Waals surface area contributed by atoms with Crippen molar-refractivity contribution >= 4 is 17.7 Å². The zero-order valence-electron chi connectivity index (χ0n) is 17.6. The second-order valence-electron chi connectivity index (χ2n) is 6.52. The van der Waals surface area contributed by atoms with Gasteiger partial charge in [0.1, 0.15) is 5.75 Å². The van der Waals surface area contributed by atoms with Crippen LogP contribution in [0.4, 0.5) is 5.69 Å². The van der Waals surface area contributed by atoms with E-state index in [1.54, 1.807) is 62.5 Å². The fourth-order valence-corrected chi connectivity index (χ4v) is 2.98. The third-order valence-corrected chi connectivity index (χ3v) is 4.39. The molecule has 0 spiro atoms. The lowest BCUT2D eigenvalue weighted by Crippen LogP contribution is -2.09. The Kier molecular flexibility index (Phi) is 6.36. The number of pyridine rings is 1. The van der Waals surface area contributed by atoms with E-state index in [4.69, 9.17) is 14.2 Å². The summed E-state index contributed by atoms with van der Waals surface area (Å²) < 4.78 is 17.7. The first kappa shape index (κ1) is 20.9. The number of carbonyl (C=O) groups is 1. The third kappa shape index (κ3) is 4.60. The molecule has 1 N–H and O–H groups in total. The van der Waals surface area contributed by atoms with Gasteiger partial charge < -0.3 is 19.5 Å². The molecule has 3 aromatic rings. The van der Waals surface area contributed by atoms with Crippen LogP contribution in [0.25, 0.3) is 11.9 Å². The molecule has 8 heteroatoms. The lowest BCUT2D eigenvalue weighted by molar-refractivity contribution is -0.111. The van der Waals surface area contributed by atoms with Gasteiger partial charge >= 0.3 is 0 Å². The Morgan fingerprint density at radius 3 is 2.27 bits per heavy atom. The number of rotatable bonds is 7. The fraction of sp³-hybridized carbons (Fsp3) is 0.227. The summed E-state index contributed by atoms with van der Waals surface area (Å²) in [5.41, 5.74) is 3.17. The van der Waals surface area contributed by atoms with Crippen molar-refractivity contribution in [2.45, 2.75) is 13.8 Å². The number of amides is 1. The summed E-state index contributed by atoms with van der Waals surface area (Å²) in [6.07, 6.45) is 4.65. The Labute approximate surface area is 175 Å². The average Bonchev–Trinajstić information content (AvgIpc) is 3.09. The van der Waals surface area contributed by atoms with Crippen molar-refractivity contribution in [1.29, 1.82) is 0 Å². The van der Waals surface area contributed by atoms with Gasteiger partial charge in [0.2, 0.25) is 5.91 Å². The molecule has 1 aromatic carbocycles. The van der Waals surface area contributed by atoms with Crippen LogP contribution in [0.2, 0.25) is 0 Å². The highest BCUT2D eigenvalue weighted by molar-refractivity contribution is 6.02. The maximum atomic E-state index is 12.3. The Morgan fingerprint density at radius 2 is 1.70 bits per heavy atom. The largest absolute Gasteiger partial charge is 0.496 e. The van der Waals surface area contributed by atoms with E-state index < -0.39 is 0 Å². The molecule has 3 rings (SSSR count). The molecule has 0 aliphatic heterocycles. The van der Waals surface area contributed by atoms with Crippen molar-refractivity contribution < 1.29 is 19.0 Å². The van der Waals surface area contributed by atoms with E-state index in [0.717, 1.165) is 11.4 Å². The highest BCUT2D eigenvalue weighted by Crippen LogP contribution is 2.35. The van der Waals surface area contributed by atoms with Crippen LogP contribution >= 0.6 is 0 Å². The molecule has 0 saturated carbocycles. The molecule has 0 unspecified atom stereocenters. The summed E-state index contributed by atoms with van der Waals surface area (Å²) in [6, 6.07) is 9.01. The first-order valence-corrected chi connectivity index (χ1v) is 9.24. The minimum atomic E-state index is -0.299. The summed E-state index contributed by atoms with van der Waals surface area (Å²) in [6.45, 7) is 3.89. The van der Waals surface area contributed by atoms with E-state index in [1.807, 2.05) is 19.9 Å². The topological polar surface area (TPSA) is 87.5 Å². The molecule has 0 atom stereocenters. The van der Waals surface area contributed by atoms with Gasteiger partial charge in [0.05, 0.1) is 38.9 Å². The number of aromatic nitrogens is 3. The summed E-state index contributed by atoms with van der Waals surface area (Å²) in [5, 5.41) is 7.19. The molecule has 0 radical (unpaired) electrons. The molecule has 0 aliphatic carbocycles. The van der Waals surface area contributed by atoms with E-state index >= 15 is 0 Å². The van der Waals surface area contributed by atoms with Crippen molar-refractivity contribution in [3.05, 3.63) is 59.6 Å². The SMILES string of the molecule is COc1cc(OC)c(OC)cc1/C=C/C(=O)Nc1ccc(-n2nc(C)cc2C)nc1. The number of methoxy groups -OCH3 is 3. The lowest BCUT2D eigenvalue weighted by Gasteiger charge is -2.12. The highest BCUT2D eigenvalue weighted by Gasteiger charge is 2.11. The zero-order chi connectivity index (χ0) is 21.7. The maximum Gasteiger partial charge on any atom is 0.248 e. The first-order valence-electron chi connectivity index (χ1n) is 9.24. The molecule has 30 heavy (non-hydrogen) atoms. The van der Waals surface area contributed by atoms with Crippen LogP contribution in [0.3, 0.4) is 0 Å². The molecular formula is C22H24N4O4. The van der Waals surface area contributed by atoms with Gasteiger partial charge in [0, 0.05) is 23.4 Å². The number of carbonyl (C=O) groups excluding carboxylic acids is 1. The number of hydrogen-bond acceptors (Lipinski definition) is 6. The number of aryl methyl sites for hydroxylation is 2. The number of nitrogens with zero attached hydrogens (tertiary/aromatic N) is 3. The van der Waals surface area contributed by atoms with Crippen LogP contribution in [0.1, 0.15) is 17.0 Å². The normalized spacial score (nSPS) is 10.8. The van der Waals surface area contributed by atoms with Gasteiger partial charge in [-0.1, -0.05) is 0 Å². The number of anilines is 1. The molecule has 2 heterocycles. The van der Waals surface area contributed by atoms with Crippen LogP contribution < -0.4 is 19.5 Å². The first-order chi connectivity index (χ1) is 14.4. The van der Waals surface area contributed by atoms with Gasteiger partial charge in [-0.25, -0.2) is 9.67 Å². The van der Waals surface area contributed by atoms with Crippen molar-refractivity contribution in [2.24, 2.45) is 0 Å². The third-order valence-electron chi connectivity index (χ3n) is 4.39. The molecule has 0 saturated heterocycles. The molecule has 156 valence electrons. The van der Waals surface area contributed by atoms with Gasteiger partial charge in [-0.3, -0.25) is 4.79 Å². The molecule has 0 fully saturated rings. The van der Waals surface area contributed by atoms with Crippen LogP contribution in [0, 0.1) is 13.8 Å². The molecular weight excluding hydrogens is 384 g/mol. The average molecular weight is 408 g/mol. The molecule has 8 nitrogen and oxygen atoms in total. The van der Waals surface area contributed by atoms with Gasteiger partial charge in [0.15, 0.2) is 17.3 Å². The minimum absolute atomic E-state index is 0.299. The van der Waals surface area contributed by atoms with Crippen LogP contribution in [0.15, 0.2) is 42.6 Å². The van der Waals surface area contributed by atoms with Gasteiger partial charge in [0.25, 0.3) is 0 Å². The maximum absolute atomic E-state index is 12.3. The number of benzene rings is 1. The highest BCUT2D eigenvalue weighted by atomic mass is 16.5. The summed E-state index contributed by atoms with van der Waals surface area (Å²) >= 11 is 0. The number of hydrogen-bond donors (Lipinski definition) is 1. The van der Waals surface area contributed by atoms with Crippen molar-refractivity contribution in [1.82, 2.24) is 14.8 Å². The van der Waals surface area contributed by atoms with Crippen LogP contribution in [-0.2, 0) is 4.79 Å². The number of nitrogens with one attached hydrogen (secondary N) is 1. The predicted molar refractivity (Wildman–Crippen MR) is 115 cm³/mol. The van der Waals surface area contributed by atoms with Gasteiger partial charge in [-0.15, -0.1) is 0 Å². The lowest BCUT2D eigenvalue weighted by atomic mass is 10.1. The second kappa shape index (κ2) is 9.13. The Balaban J connectivity index is 1.72. The smallest absolute Gasteiger partial charge is 0.248 e. The second-order valence-corrected chi connectivity index (χ2v) is 6.52.